The summed E-state index contributed by atoms with van der Waals surface area (Å²) in [6, 6.07) is 0.284. The number of nitrogens with zero attached hydrogens (tertiary/aromatic N) is 3. The number of hydrogen-bond donors (Lipinski definition) is 5. The zero-order valence-corrected chi connectivity index (χ0v) is 36.0. The Balaban J connectivity index is 1.70. The molecule has 10 heteroatoms. The summed E-state index contributed by atoms with van der Waals surface area (Å²) in [6.07, 6.45) is 6.84. The van der Waals surface area contributed by atoms with Crippen molar-refractivity contribution in [2.24, 2.45) is 0 Å². The Morgan fingerprint density at radius 2 is 0.615 bits per heavy atom. The van der Waals surface area contributed by atoms with E-state index in [0.29, 0.717) is 11.4 Å². The van der Waals surface area contributed by atoms with Crippen LogP contribution in [0.3, 0.4) is 0 Å². The fourth-order valence-corrected chi connectivity index (χ4v) is 12.1. The van der Waals surface area contributed by atoms with Crippen LogP contribution in [0.1, 0.15) is 162 Å². The Labute approximate surface area is 317 Å². The summed E-state index contributed by atoms with van der Waals surface area (Å²) in [5, 5.41) is 28.3. The molecule has 0 radical (unpaired) electrons. The minimum atomic E-state index is -0.143. The van der Waals surface area contributed by atoms with Crippen LogP contribution in [0.4, 0.5) is 0 Å². The lowest BCUT2D eigenvalue weighted by Gasteiger charge is -2.56. The predicted molar refractivity (Wildman–Crippen MR) is 213 cm³/mol. The van der Waals surface area contributed by atoms with Crippen LogP contribution >= 0.6 is 0 Å². The van der Waals surface area contributed by atoms with Crippen LogP contribution < -0.4 is 21.3 Å². The summed E-state index contributed by atoms with van der Waals surface area (Å²) >= 11 is 0. The lowest BCUT2D eigenvalue weighted by Crippen LogP contribution is -2.67. The maximum atomic E-state index is 13.2. The Bertz CT molecular complexity index is 1160. The third-order valence-electron chi connectivity index (χ3n) is 11.8. The number of nitrogens with one attached hydrogen (secondary N) is 4. The average Bonchev–Trinajstić information content (AvgIpc) is 2.85. The highest BCUT2D eigenvalue weighted by Gasteiger charge is 2.49. The van der Waals surface area contributed by atoms with E-state index >= 15 is 0 Å². The van der Waals surface area contributed by atoms with E-state index in [1.807, 2.05) is 0 Å². The van der Waals surface area contributed by atoms with E-state index in [1.54, 1.807) is 0 Å². The topological polar surface area (TPSA) is 112 Å². The SMILES string of the molecule is CC1(C)CC(N(C(=C=O)CN(O)CC(=C=O)N(C2CC(C)(C)NC(C)(C)C2)C2CC(C)(C)NC(C)(C)C2)C2CC(C)(C)NC(C)(C)C2)CC(C)(C)N1. The molecule has 0 bridgehead atoms. The van der Waals surface area contributed by atoms with Crippen molar-refractivity contribution in [2.45, 2.75) is 231 Å². The van der Waals surface area contributed by atoms with Gasteiger partial charge in [-0.15, -0.1) is 0 Å². The van der Waals surface area contributed by atoms with Gasteiger partial charge < -0.3 is 36.3 Å². The van der Waals surface area contributed by atoms with Gasteiger partial charge in [-0.2, -0.15) is 5.06 Å². The number of carbonyl (C=O) groups excluding carboxylic acids is 2. The Kier molecular flexibility index (Phi) is 11.9. The number of rotatable bonds is 10. The minimum absolute atomic E-state index is 0.0233. The van der Waals surface area contributed by atoms with Crippen molar-refractivity contribution < 1.29 is 14.8 Å². The van der Waals surface area contributed by atoms with E-state index in [1.165, 1.54) is 5.06 Å². The first kappa shape index (κ1) is 43.0. The third-order valence-corrected chi connectivity index (χ3v) is 11.8. The van der Waals surface area contributed by atoms with E-state index in [4.69, 9.17) is 0 Å². The van der Waals surface area contributed by atoms with Crippen molar-refractivity contribution >= 4 is 11.9 Å². The molecule has 4 aliphatic rings. The Morgan fingerprint density at radius 3 is 0.769 bits per heavy atom. The van der Waals surface area contributed by atoms with Gasteiger partial charge in [0.05, 0.1) is 13.1 Å². The second-order valence-electron chi connectivity index (χ2n) is 22.6. The van der Waals surface area contributed by atoms with Crippen LogP contribution in [-0.4, -0.2) is 114 Å². The molecule has 5 N–H and O–H groups in total. The van der Waals surface area contributed by atoms with Crippen molar-refractivity contribution in [1.82, 2.24) is 36.1 Å². The van der Waals surface area contributed by atoms with E-state index in [0.717, 1.165) is 51.4 Å². The highest BCUT2D eigenvalue weighted by molar-refractivity contribution is 5.54. The first-order chi connectivity index (χ1) is 23.4. The van der Waals surface area contributed by atoms with E-state index in [2.05, 4.69) is 154 Å². The fraction of sp³-hybridized carbons (Fsp3) is 0.905. The Morgan fingerprint density at radius 1 is 0.442 bits per heavy atom. The molecule has 10 nitrogen and oxygen atoms in total. The summed E-state index contributed by atoms with van der Waals surface area (Å²) < 4.78 is 0. The Hall–Kier alpha value is -1.74. The molecule has 52 heavy (non-hydrogen) atoms. The molecule has 0 amide bonds. The molecule has 4 rings (SSSR count). The van der Waals surface area contributed by atoms with Crippen LogP contribution in [0.25, 0.3) is 0 Å². The molecule has 0 aromatic rings. The summed E-state index contributed by atoms with van der Waals surface area (Å²) in [6.45, 7) is 35.7. The van der Waals surface area contributed by atoms with Gasteiger partial charge in [-0.25, -0.2) is 9.59 Å². The number of hydroxylamine groups is 2. The molecule has 4 heterocycles. The standard InChI is InChI=1S/C42H77N7O3/c1-35(2)17-29(18-36(3,4)43-35)48(30-19-37(5,6)44-38(7,8)20-30)33(27-50)25-47(52)26-34(28-51)49(31-21-39(9,10)45-40(11,12)22-31)32-23-41(13,14)46-42(15,16)24-32/h29-32,43-46,52H,17-26H2,1-16H3. The van der Waals surface area contributed by atoms with Gasteiger partial charge >= 0.3 is 0 Å². The second-order valence-corrected chi connectivity index (χ2v) is 22.6. The first-order valence-corrected chi connectivity index (χ1v) is 20.0. The molecule has 4 saturated heterocycles. The summed E-state index contributed by atoms with van der Waals surface area (Å²) in [5.74, 6) is 4.68. The lowest BCUT2D eigenvalue weighted by atomic mass is 9.75. The van der Waals surface area contributed by atoms with Gasteiger partial charge in [0.1, 0.15) is 23.3 Å². The van der Waals surface area contributed by atoms with E-state index < -0.39 is 0 Å². The van der Waals surface area contributed by atoms with E-state index in [-0.39, 0.29) is 81.6 Å². The molecule has 0 aliphatic carbocycles. The van der Waals surface area contributed by atoms with Crippen LogP contribution in [0.2, 0.25) is 0 Å². The zero-order chi connectivity index (χ0) is 39.5. The van der Waals surface area contributed by atoms with Gasteiger partial charge in [0.15, 0.2) is 0 Å². The molecule has 0 spiro atoms. The van der Waals surface area contributed by atoms with E-state index in [9.17, 15) is 14.8 Å². The molecule has 4 fully saturated rings. The van der Waals surface area contributed by atoms with Crippen LogP contribution in [-0.2, 0) is 9.59 Å². The highest BCUT2D eigenvalue weighted by Crippen LogP contribution is 2.41. The number of hydrogen-bond acceptors (Lipinski definition) is 10. The van der Waals surface area contributed by atoms with Gasteiger partial charge in [0, 0.05) is 68.5 Å². The van der Waals surface area contributed by atoms with Crippen molar-refractivity contribution in [3.63, 3.8) is 0 Å². The smallest absolute Gasteiger partial charge is 0.147 e. The van der Waals surface area contributed by atoms with Crippen molar-refractivity contribution in [3.8, 4) is 0 Å². The second kappa shape index (κ2) is 14.4. The van der Waals surface area contributed by atoms with Crippen molar-refractivity contribution in [2.75, 3.05) is 13.1 Å². The van der Waals surface area contributed by atoms with Crippen molar-refractivity contribution in [3.05, 3.63) is 11.4 Å². The van der Waals surface area contributed by atoms with Gasteiger partial charge in [0.25, 0.3) is 0 Å². The maximum absolute atomic E-state index is 13.2. The highest BCUT2D eigenvalue weighted by atomic mass is 16.5. The molecule has 0 atom stereocenters. The summed E-state index contributed by atoms with van der Waals surface area (Å²) in [5.41, 5.74) is -0.243. The normalized spacial score (nSPS) is 28.0. The molecule has 0 saturated carbocycles. The van der Waals surface area contributed by atoms with Gasteiger partial charge in [0.2, 0.25) is 0 Å². The molecule has 298 valence electrons. The van der Waals surface area contributed by atoms with Crippen LogP contribution in [0.15, 0.2) is 11.4 Å². The molecular weight excluding hydrogens is 651 g/mol. The molecule has 0 unspecified atom stereocenters. The number of piperidine rings is 4. The molecule has 0 aromatic carbocycles. The zero-order valence-electron chi connectivity index (χ0n) is 36.0. The monoisotopic (exact) mass is 728 g/mol. The van der Waals surface area contributed by atoms with Gasteiger partial charge in [-0.1, -0.05) is 0 Å². The van der Waals surface area contributed by atoms with Gasteiger partial charge in [-0.05, 0) is 162 Å². The molecule has 0 aromatic heterocycles. The summed E-state index contributed by atoms with van der Waals surface area (Å²) in [4.78, 5) is 31.0. The lowest BCUT2D eigenvalue weighted by molar-refractivity contribution is -0.0916. The maximum Gasteiger partial charge on any atom is 0.147 e. The molecular formula is C42H77N7O3. The van der Waals surface area contributed by atoms with Gasteiger partial charge in [-0.3, -0.25) is 0 Å². The minimum Gasteiger partial charge on any atom is -0.359 e. The largest absolute Gasteiger partial charge is 0.359 e. The van der Waals surface area contributed by atoms with Crippen LogP contribution in [0.5, 0.6) is 0 Å². The average molecular weight is 728 g/mol. The van der Waals surface area contributed by atoms with Crippen LogP contribution in [0, 0.1) is 0 Å². The first-order valence-electron chi connectivity index (χ1n) is 20.0. The molecule has 4 aliphatic heterocycles. The quantitative estimate of drug-likeness (QED) is 0.137. The predicted octanol–water partition coefficient (Wildman–Crippen LogP) is 5.95. The third kappa shape index (κ3) is 11.2. The fourth-order valence-electron chi connectivity index (χ4n) is 12.1. The van der Waals surface area contributed by atoms with Crippen molar-refractivity contribution in [1.29, 1.82) is 0 Å². The summed E-state index contributed by atoms with van der Waals surface area (Å²) in [7, 11) is 0.